The van der Waals surface area contributed by atoms with Crippen LogP contribution >= 0.6 is 0 Å². The lowest BCUT2D eigenvalue weighted by molar-refractivity contribution is 0.0989. The molecule has 0 saturated heterocycles. The van der Waals surface area contributed by atoms with Crippen LogP contribution in [0.2, 0.25) is 0 Å². The number of carbonyl (C=O) groups excluding carboxylic acids is 1. The minimum absolute atomic E-state index is 0.228. The maximum absolute atomic E-state index is 11.9. The Hall–Kier alpha value is -1.63. The average molecular weight is 242 g/mol. The number of rotatable bonds is 3. The molecule has 0 atom stereocenters. The Balaban J connectivity index is 0.000000771. The number of hydrogen-bond donors (Lipinski definition) is 0. The van der Waals surface area contributed by atoms with E-state index in [1.54, 1.807) is 0 Å². The molecule has 0 aliphatic carbocycles. The third-order valence-corrected chi connectivity index (χ3v) is 2.99. The molecule has 1 heteroatoms. The van der Waals surface area contributed by atoms with Crippen LogP contribution in [0.5, 0.6) is 0 Å². The number of fused-ring (bicyclic) bond motifs is 1. The van der Waals surface area contributed by atoms with Crippen LogP contribution in [0, 0.1) is 0 Å². The number of benzene rings is 2. The van der Waals surface area contributed by atoms with E-state index in [9.17, 15) is 4.79 Å². The largest absolute Gasteiger partial charge is 0.294 e. The molecule has 0 bridgehead atoms. The predicted octanol–water partition coefficient (Wildman–Crippen LogP) is 5.02. The molecule has 1 nitrogen and oxygen atoms in total. The number of Topliss-reactive ketones (excluding diaryl/α,β-unsaturated/α-hetero) is 1. The van der Waals surface area contributed by atoms with Crippen LogP contribution in [0.15, 0.2) is 36.4 Å². The van der Waals surface area contributed by atoms with Crippen LogP contribution in [0.3, 0.4) is 0 Å². The topological polar surface area (TPSA) is 17.1 Å². The molecule has 2 rings (SSSR count). The van der Waals surface area contributed by atoms with E-state index < -0.39 is 0 Å². The van der Waals surface area contributed by atoms with Crippen molar-refractivity contribution in [2.24, 2.45) is 0 Å². The van der Waals surface area contributed by atoms with Gasteiger partial charge >= 0.3 is 0 Å². The summed E-state index contributed by atoms with van der Waals surface area (Å²) in [5.74, 6) is 0.228. The molecule has 0 fully saturated rings. The minimum atomic E-state index is 0.228. The molecule has 2 aromatic carbocycles. The molecule has 18 heavy (non-hydrogen) atoms. The summed E-state index contributed by atoms with van der Waals surface area (Å²) < 4.78 is 0. The van der Waals surface area contributed by atoms with Gasteiger partial charge < -0.3 is 0 Å². The number of aryl methyl sites for hydroxylation is 1. The Kier molecular flexibility index (Phi) is 5.57. The zero-order chi connectivity index (χ0) is 13.5. The molecular weight excluding hydrogens is 220 g/mol. The van der Waals surface area contributed by atoms with Crippen LogP contribution in [-0.2, 0) is 6.42 Å². The second-order valence-corrected chi connectivity index (χ2v) is 3.95. The van der Waals surface area contributed by atoms with Crippen LogP contribution in [0.1, 0.15) is 50.0 Å². The fourth-order valence-corrected chi connectivity index (χ4v) is 2.14. The predicted molar refractivity (Wildman–Crippen MR) is 79.3 cm³/mol. The van der Waals surface area contributed by atoms with Crippen LogP contribution < -0.4 is 0 Å². The molecule has 0 radical (unpaired) electrons. The van der Waals surface area contributed by atoms with Gasteiger partial charge in [-0.15, -0.1) is 0 Å². The SMILES string of the molecule is CC.CCC(=O)c1cccc2cccc(CC)c12. The molecule has 0 heterocycles. The molecule has 0 aliphatic heterocycles. The lowest BCUT2D eigenvalue weighted by atomic mass is 9.95. The van der Waals surface area contributed by atoms with Gasteiger partial charge in [-0.3, -0.25) is 4.79 Å². The van der Waals surface area contributed by atoms with Gasteiger partial charge in [-0.1, -0.05) is 64.1 Å². The van der Waals surface area contributed by atoms with Crippen LogP contribution in [0.25, 0.3) is 10.8 Å². The van der Waals surface area contributed by atoms with E-state index in [1.807, 2.05) is 32.9 Å². The van der Waals surface area contributed by atoms with Crippen molar-refractivity contribution in [1.82, 2.24) is 0 Å². The number of carbonyl (C=O) groups is 1. The van der Waals surface area contributed by atoms with E-state index in [0.29, 0.717) is 6.42 Å². The number of ketones is 1. The molecule has 0 unspecified atom stereocenters. The van der Waals surface area contributed by atoms with Crippen molar-refractivity contribution in [1.29, 1.82) is 0 Å². The van der Waals surface area contributed by atoms with Gasteiger partial charge in [-0.25, -0.2) is 0 Å². The third kappa shape index (κ3) is 2.79. The van der Waals surface area contributed by atoms with Gasteiger partial charge in [-0.05, 0) is 22.8 Å². The maximum atomic E-state index is 11.9. The van der Waals surface area contributed by atoms with E-state index >= 15 is 0 Å². The molecular formula is C17H22O. The van der Waals surface area contributed by atoms with Gasteiger partial charge in [0.05, 0.1) is 0 Å². The Morgan fingerprint density at radius 2 is 1.61 bits per heavy atom. The summed E-state index contributed by atoms with van der Waals surface area (Å²) in [6, 6.07) is 12.2. The fraction of sp³-hybridized carbons (Fsp3) is 0.353. The highest BCUT2D eigenvalue weighted by Crippen LogP contribution is 2.24. The van der Waals surface area contributed by atoms with Crippen LogP contribution in [-0.4, -0.2) is 5.78 Å². The Morgan fingerprint density at radius 1 is 1.00 bits per heavy atom. The Bertz CT molecular complexity index is 521. The number of hydrogen-bond acceptors (Lipinski definition) is 1. The van der Waals surface area contributed by atoms with Crippen molar-refractivity contribution in [3.05, 3.63) is 47.5 Å². The Labute approximate surface area is 110 Å². The fourth-order valence-electron chi connectivity index (χ4n) is 2.14. The second kappa shape index (κ2) is 6.95. The normalized spacial score (nSPS) is 9.78. The van der Waals surface area contributed by atoms with Gasteiger partial charge in [0.25, 0.3) is 0 Å². The molecule has 0 saturated carbocycles. The van der Waals surface area contributed by atoms with Gasteiger partial charge in [-0.2, -0.15) is 0 Å². The maximum Gasteiger partial charge on any atom is 0.163 e. The highest BCUT2D eigenvalue weighted by atomic mass is 16.1. The first-order chi connectivity index (χ1) is 8.77. The zero-order valence-electron chi connectivity index (χ0n) is 11.8. The molecule has 0 amide bonds. The summed E-state index contributed by atoms with van der Waals surface area (Å²) in [7, 11) is 0. The van der Waals surface area contributed by atoms with Crippen molar-refractivity contribution >= 4 is 16.6 Å². The van der Waals surface area contributed by atoms with Crippen molar-refractivity contribution in [3.63, 3.8) is 0 Å². The first-order valence-electron chi connectivity index (χ1n) is 6.81. The summed E-state index contributed by atoms with van der Waals surface area (Å²) in [4.78, 5) is 11.9. The monoisotopic (exact) mass is 242 g/mol. The quantitative estimate of drug-likeness (QED) is 0.690. The van der Waals surface area contributed by atoms with Gasteiger partial charge in [0, 0.05) is 12.0 Å². The molecule has 2 aromatic rings. The van der Waals surface area contributed by atoms with Gasteiger partial charge in [0.1, 0.15) is 0 Å². The lowest BCUT2D eigenvalue weighted by Gasteiger charge is -2.08. The lowest BCUT2D eigenvalue weighted by Crippen LogP contribution is -1.99. The minimum Gasteiger partial charge on any atom is -0.294 e. The first kappa shape index (κ1) is 14.4. The van der Waals surface area contributed by atoms with E-state index in [0.717, 1.165) is 17.4 Å². The van der Waals surface area contributed by atoms with Gasteiger partial charge in [0.15, 0.2) is 5.78 Å². The van der Waals surface area contributed by atoms with Crippen molar-refractivity contribution in [3.8, 4) is 0 Å². The van der Waals surface area contributed by atoms with Crippen molar-refractivity contribution < 1.29 is 4.79 Å². The van der Waals surface area contributed by atoms with Crippen molar-refractivity contribution in [2.45, 2.75) is 40.5 Å². The standard InChI is InChI=1S/C15H16O.C2H6/c1-3-11-7-5-8-12-9-6-10-13(15(11)12)14(16)4-2;1-2/h5-10H,3-4H2,1-2H3;1-2H3. The summed E-state index contributed by atoms with van der Waals surface area (Å²) in [6.45, 7) is 8.04. The smallest absolute Gasteiger partial charge is 0.163 e. The van der Waals surface area contributed by atoms with E-state index in [4.69, 9.17) is 0 Å². The van der Waals surface area contributed by atoms with E-state index in [1.165, 1.54) is 10.9 Å². The molecule has 0 aromatic heterocycles. The second-order valence-electron chi connectivity index (χ2n) is 3.95. The van der Waals surface area contributed by atoms with Gasteiger partial charge in [0.2, 0.25) is 0 Å². The van der Waals surface area contributed by atoms with Crippen LogP contribution in [0.4, 0.5) is 0 Å². The highest BCUT2D eigenvalue weighted by Gasteiger charge is 2.10. The van der Waals surface area contributed by atoms with Crippen molar-refractivity contribution in [2.75, 3.05) is 0 Å². The molecule has 0 N–H and O–H groups in total. The zero-order valence-corrected chi connectivity index (χ0v) is 11.8. The summed E-state index contributed by atoms with van der Waals surface area (Å²) in [5.41, 5.74) is 2.13. The van der Waals surface area contributed by atoms with E-state index in [-0.39, 0.29) is 5.78 Å². The first-order valence-corrected chi connectivity index (χ1v) is 6.81. The third-order valence-electron chi connectivity index (χ3n) is 2.99. The summed E-state index contributed by atoms with van der Waals surface area (Å²) in [5, 5.41) is 2.30. The summed E-state index contributed by atoms with van der Waals surface area (Å²) >= 11 is 0. The molecule has 0 spiro atoms. The Morgan fingerprint density at radius 3 is 2.17 bits per heavy atom. The molecule has 0 aliphatic rings. The van der Waals surface area contributed by atoms with E-state index in [2.05, 4.69) is 31.2 Å². The highest BCUT2D eigenvalue weighted by molar-refractivity contribution is 6.09. The molecule has 96 valence electrons. The summed E-state index contributed by atoms with van der Waals surface area (Å²) in [6.07, 6.45) is 1.53. The average Bonchev–Trinajstić information content (AvgIpc) is 2.47.